The van der Waals surface area contributed by atoms with E-state index in [-0.39, 0.29) is 12.6 Å². The molecule has 0 bridgehead atoms. The van der Waals surface area contributed by atoms with E-state index in [1.807, 2.05) is 37.3 Å². The highest BCUT2D eigenvalue weighted by atomic mass is 35.5. The van der Waals surface area contributed by atoms with Crippen LogP contribution in [0.2, 0.25) is 5.02 Å². The molecule has 5 heteroatoms. The minimum absolute atomic E-state index is 0.0968. The molecule has 0 amide bonds. The molecular weight excluding hydrogens is 328 g/mol. The van der Waals surface area contributed by atoms with Crippen molar-refractivity contribution in [1.82, 2.24) is 0 Å². The van der Waals surface area contributed by atoms with Gasteiger partial charge in [-0.05, 0) is 31.9 Å². The lowest BCUT2D eigenvalue weighted by Crippen LogP contribution is -2.33. The van der Waals surface area contributed by atoms with Crippen molar-refractivity contribution < 1.29 is 18.9 Å². The Morgan fingerprint density at radius 3 is 2.25 bits per heavy atom. The van der Waals surface area contributed by atoms with Crippen LogP contribution in [-0.4, -0.2) is 32.7 Å². The molecule has 0 N–H and O–H groups in total. The Balaban J connectivity index is 1.36. The molecule has 24 heavy (non-hydrogen) atoms. The molecule has 0 aliphatic carbocycles. The molecule has 0 atom stereocenters. The van der Waals surface area contributed by atoms with Crippen molar-refractivity contribution in [3.05, 3.63) is 47.0 Å². The number of ether oxygens (including phenoxy) is 4. The second-order valence-electron chi connectivity index (χ2n) is 6.38. The van der Waals surface area contributed by atoms with Gasteiger partial charge in [-0.3, -0.25) is 0 Å². The summed E-state index contributed by atoms with van der Waals surface area (Å²) in [6.07, 6.45) is 5.65. The summed E-state index contributed by atoms with van der Waals surface area (Å²) < 4.78 is 23.2. The van der Waals surface area contributed by atoms with E-state index < -0.39 is 0 Å². The van der Waals surface area contributed by atoms with Crippen molar-refractivity contribution in [3.8, 4) is 0 Å². The molecule has 2 saturated heterocycles. The Morgan fingerprint density at radius 2 is 1.62 bits per heavy atom. The van der Waals surface area contributed by atoms with Crippen LogP contribution in [0.4, 0.5) is 0 Å². The Labute approximate surface area is 148 Å². The second-order valence-corrected chi connectivity index (χ2v) is 6.81. The van der Waals surface area contributed by atoms with E-state index in [2.05, 4.69) is 6.08 Å². The van der Waals surface area contributed by atoms with Gasteiger partial charge in [0.05, 0.1) is 26.4 Å². The zero-order chi connectivity index (χ0) is 16.8. The van der Waals surface area contributed by atoms with Gasteiger partial charge in [-0.25, -0.2) is 0 Å². The highest BCUT2D eigenvalue weighted by Crippen LogP contribution is 2.28. The Kier molecular flexibility index (Phi) is 6.69. The van der Waals surface area contributed by atoms with Crippen LogP contribution < -0.4 is 0 Å². The van der Waals surface area contributed by atoms with Crippen LogP contribution in [0.1, 0.15) is 31.6 Å². The largest absolute Gasteiger partial charge is 0.352 e. The molecule has 2 heterocycles. The van der Waals surface area contributed by atoms with Gasteiger partial charge in [0.25, 0.3) is 0 Å². The normalized spacial score (nSPS) is 31.4. The molecular formula is C19H25ClO4. The second kappa shape index (κ2) is 8.97. The number of rotatable bonds is 5. The number of halogens is 1. The van der Waals surface area contributed by atoms with Gasteiger partial charge < -0.3 is 18.9 Å². The van der Waals surface area contributed by atoms with Crippen LogP contribution in [0, 0.1) is 11.8 Å². The molecule has 2 fully saturated rings. The third kappa shape index (κ3) is 5.04. The van der Waals surface area contributed by atoms with E-state index in [4.69, 9.17) is 30.5 Å². The molecule has 2 aliphatic rings. The van der Waals surface area contributed by atoms with Gasteiger partial charge in [0.1, 0.15) is 0 Å². The fourth-order valence-corrected chi connectivity index (χ4v) is 3.13. The van der Waals surface area contributed by atoms with Gasteiger partial charge in [-0.2, -0.15) is 0 Å². The first-order valence-electron chi connectivity index (χ1n) is 8.59. The summed E-state index contributed by atoms with van der Waals surface area (Å²) in [7, 11) is 0. The van der Waals surface area contributed by atoms with E-state index in [1.165, 1.54) is 0 Å². The van der Waals surface area contributed by atoms with Crippen molar-refractivity contribution in [1.29, 1.82) is 0 Å². The summed E-state index contributed by atoms with van der Waals surface area (Å²) in [6.45, 7) is 4.89. The van der Waals surface area contributed by atoms with Crippen LogP contribution in [0.5, 0.6) is 0 Å². The number of allylic oxidation sites excluding steroid dienone is 1. The summed E-state index contributed by atoms with van der Waals surface area (Å²) >= 11 is 5.91. The lowest BCUT2D eigenvalue weighted by Gasteiger charge is -2.32. The summed E-state index contributed by atoms with van der Waals surface area (Å²) in [5, 5.41) is 0.719. The lowest BCUT2D eigenvalue weighted by atomic mass is 10.0. The predicted octanol–water partition coefficient (Wildman–Crippen LogP) is 4.35. The van der Waals surface area contributed by atoms with Gasteiger partial charge >= 0.3 is 0 Å². The Morgan fingerprint density at radius 1 is 0.958 bits per heavy atom. The summed E-state index contributed by atoms with van der Waals surface area (Å²) in [5.41, 5.74) is 1.01. The maximum atomic E-state index is 5.91. The minimum atomic E-state index is -0.290. The van der Waals surface area contributed by atoms with Crippen LogP contribution in [0.3, 0.4) is 0 Å². The van der Waals surface area contributed by atoms with Gasteiger partial charge in [0.15, 0.2) is 12.6 Å². The van der Waals surface area contributed by atoms with E-state index in [0.29, 0.717) is 25.0 Å². The predicted molar refractivity (Wildman–Crippen MR) is 92.8 cm³/mol. The Hall–Kier alpha value is -0.910. The molecule has 0 radical (unpaired) electrons. The third-order valence-corrected chi connectivity index (χ3v) is 4.63. The molecule has 1 aromatic rings. The van der Waals surface area contributed by atoms with Gasteiger partial charge in [-0.15, -0.1) is 0 Å². The van der Waals surface area contributed by atoms with Gasteiger partial charge in [0, 0.05) is 22.4 Å². The lowest BCUT2D eigenvalue weighted by molar-refractivity contribution is -0.217. The molecule has 1 aromatic carbocycles. The third-order valence-electron chi connectivity index (χ3n) is 4.38. The van der Waals surface area contributed by atoms with Crippen LogP contribution in [-0.2, 0) is 18.9 Å². The number of hydrogen-bond acceptors (Lipinski definition) is 4. The zero-order valence-corrected chi connectivity index (χ0v) is 14.8. The van der Waals surface area contributed by atoms with Crippen molar-refractivity contribution in [2.24, 2.45) is 11.8 Å². The zero-order valence-electron chi connectivity index (χ0n) is 14.0. The smallest absolute Gasteiger partial charge is 0.183 e. The van der Waals surface area contributed by atoms with E-state index in [0.717, 1.165) is 36.6 Å². The number of hydrogen-bond donors (Lipinski definition) is 0. The van der Waals surface area contributed by atoms with E-state index in [1.54, 1.807) is 0 Å². The summed E-state index contributed by atoms with van der Waals surface area (Å²) in [4.78, 5) is 0. The number of benzene rings is 1. The average Bonchev–Trinajstić information content (AvgIpc) is 2.63. The maximum Gasteiger partial charge on any atom is 0.183 e. The van der Waals surface area contributed by atoms with Crippen molar-refractivity contribution in [2.45, 2.75) is 32.3 Å². The monoisotopic (exact) mass is 352 g/mol. The molecule has 2 aliphatic heterocycles. The molecule has 0 spiro atoms. The van der Waals surface area contributed by atoms with E-state index in [9.17, 15) is 0 Å². The molecule has 132 valence electrons. The van der Waals surface area contributed by atoms with E-state index >= 15 is 0 Å². The first kappa shape index (κ1) is 17.9. The molecule has 3 rings (SSSR count). The average molecular weight is 353 g/mol. The quantitative estimate of drug-likeness (QED) is 0.738. The highest BCUT2D eigenvalue weighted by Gasteiger charge is 2.26. The van der Waals surface area contributed by atoms with Crippen molar-refractivity contribution in [3.63, 3.8) is 0 Å². The van der Waals surface area contributed by atoms with Crippen molar-refractivity contribution >= 4 is 11.6 Å². The topological polar surface area (TPSA) is 36.9 Å². The summed E-state index contributed by atoms with van der Waals surface area (Å²) in [6, 6.07) is 7.60. The van der Waals surface area contributed by atoms with Gasteiger partial charge in [-0.1, -0.05) is 35.9 Å². The highest BCUT2D eigenvalue weighted by molar-refractivity contribution is 6.30. The van der Waals surface area contributed by atoms with Gasteiger partial charge in [0.2, 0.25) is 0 Å². The molecule has 0 saturated carbocycles. The fourth-order valence-electron chi connectivity index (χ4n) is 3.00. The Bertz CT molecular complexity index is 515. The van der Waals surface area contributed by atoms with Crippen molar-refractivity contribution in [2.75, 3.05) is 26.4 Å². The first-order valence-corrected chi connectivity index (χ1v) is 8.97. The standard InChI is InChI=1S/C19H25ClO4/c1-2-3-14-10-21-18(22-11-14)9-4-15-12-23-19(24-13-15)16-5-7-17(20)8-6-16/h2-3,5-8,14-15,18-19H,4,9-13H2,1H3/b3-2-. The maximum absolute atomic E-state index is 5.91. The molecule has 0 unspecified atom stereocenters. The summed E-state index contributed by atoms with van der Waals surface area (Å²) in [5.74, 6) is 0.766. The first-order chi connectivity index (χ1) is 11.7. The minimum Gasteiger partial charge on any atom is -0.352 e. The SMILES string of the molecule is C/C=C\C1COC(CCC2COC(c3ccc(Cl)cc3)OC2)OC1. The fraction of sp³-hybridized carbons (Fsp3) is 0.579. The van der Waals surface area contributed by atoms with Crippen LogP contribution >= 0.6 is 11.6 Å². The molecule has 0 aromatic heterocycles. The van der Waals surface area contributed by atoms with Crippen LogP contribution in [0.25, 0.3) is 0 Å². The van der Waals surface area contributed by atoms with Crippen LogP contribution in [0.15, 0.2) is 36.4 Å². The molecule has 4 nitrogen and oxygen atoms in total.